The van der Waals surface area contributed by atoms with Crippen molar-refractivity contribution in [1.82, 2.24) is 15.2 Å². The number of para-hydroxylation sites is 1. The average Bonchev–Trinajstić information content (AvgIpc) is 3.55. The molecule has 200 valence electrons. The number of H-pyrrole nitrogens is 1. The van der Waals surface area contributed by atoms with Gasteiger partial charge in [0.15, 0.2) is 0 Å². The van der Waals surface area contributed by atoms with Gasteiger partial charge in [-0.3, -0.25) is 24.6 Å². The summed E-state index contributed by atoms with van der Waals surface area (Å²) in [6.07, 6.45) is 3.27. The highest BCUT2D eigenvalue weighted by atomic mass is 16.5. The van der Waals surface area contributed by atoms with Crippen molar-refractivity contribution in [2.24, 2.45) is 11.8 Å². The molecule has 5 rings (SSSR count). The number of carbonyl (C=O) groups is 3. The van der Waals surface area contributed by atoms with Gasteiger partial charge in [0.2, 0.25) is 11.8 Å². The Kier molecular flexibility index (Phi) is 6.65. The van der Waals surface area contributed by atoms with Crippen LogP contribution in [0.3, 0.4) is 0 Å². The Morgan fingerprint density at radius 3 is 2.55 bits per heavy atom. The Bertz CT molecular complexity index is 1410. The SMILES string of the molecule is CCCCN1C(=O)C2C(c3ccc(OC)c(C)c3OC)NC(Cc3c[nH]c4ccccc34)(C(=O)O)C2C1=O. The molecule has 0 radical (unpaired) electrons. The molecule has 9 nitrogen and oxygen atoms in total. The maximum atomic E-state index is 13.9. The van der Waals surface area contributed by atoms with Crippen LogP contribution >= 0.6 is 0 Å². The lowest BCUT2D eigenvalue weighted by molar-refractivity contribution is -0.151. The first-order valence-electron chi connectivity index (χ1n) is 12.9. The summed E-state index contributed by atoms with van der Waals surface area (Å²) in [5.41, 5.74) is 1.30. The van der Waals surface area contributed by atoms with Crippen LogP contribution in [0.5, 0.6) is 11.5 Å². The van der Waals surface area contributed by atoms with Crippen LogP contribution in [-0.4, -0.2) is 59.1 Å². The molecule has 3 heterocycles. The third kappa shape index (κ3) is 3.75. The number of hydrogen-bond acceptors (Lipinski definition) is 6. The summed E-state index contributed by atoms with van der Waals surface area (Å²) in [4.78, 5) is 45.3. The lowest BCUT2D eigenvalue weighted by Gasteiger charge is -2.31. The molecule has 0 spiro atoms. The molecular weight excluding hydrogens is 486 g/mol. The van der Waals surface area contributed by atoms with Gasteiger partial charge < -0.3 is 19.6 Å². The zero-order valence-corrected chi connectivity index (χ0v) is 22.0. The number of unbranched alkanes of at least 4 members (excludes halogenated alkanes) is 1. The summed E-state index contributed by atoms with van der Waals surface area (Å²) < 4.78 is 11.2. The van der Waals surface area contributed by atoms with Gasteiger partial charge in [-0.1, -0.05) is 37.6 Å². The minimum Gasteiger partial charge on any atom is -0.496 e. The van der Waals surface area contributed by atoms with Crippen molar-refractivity contribution in [1.29, 1.82) is 0 Å². The van der Waals surface area contributed by atoms with Crippen molar-refractivity contribution in [3.05, 3.63) is 59.3 Å². The van der Waals surface area contributed by atoms with Crippen LogP contribution < -0.4 is 14.8 Å². The van der Waals surface area contributed by atoms with Crippen LogP contribution in [0.2, 0.25) is 0 Å². The highest BCUT2D eigenvalue weighted by Gasteiger charge is 2.68. The molecule has 4 unspecified atom stereocenters. The van der Waals surface area contributed by atoms with Crippen LogP contribution in [0.25, 0.3) is 10.9 Å². The number of rotatable bonds is 9. The Labute approximate surface area is 221 Å². The molecule has 3 N–H and O–H groups in total. The van der Waals surface area contributed by atoms with Crippen molar-refractivity contribution in [2.75, 3.05) is 20.8 Å². The van der Waals surface area contributed by atoms with Crippen molar-refractivity contribution >= 4 is 28.7 Å². The lowest BCUT2D eigenvalue weighted by atomic mass is 9.76. The molecule has 2 aliphatic rings. The Morgan fingerprint density at radius 2 is 1.87 bits per heavy atom. The fourth-order valence-electron chi connectivity index (χ4n) is 6.31. The number of hydrogen-bond donors (Lipinski definition) is 3. The maximum absolute atomic E-state index is 13.9. The van der Waals surface area contributed by atoms with Crippen LogP contribution in [-0.2, 0) is 20.8 Å². The first kappa shape index (κ1) is 25.8. The summed E-state index contributed by atoms with van der Waals surface area (Å²) >= 11 is 0. The van der Waals surface area contributed by atoms with Crippen LogP contribution in [0.15, 0.2) is 42.6 Å². The van der Waals surface area contributed by atoms with Crippen molar-refractivity contribution in [3.63, 3.8) is 0 Å². The topological polar surface area (TPSA) is 121 Å². The largest absolute Gasteiger partial charge is 0.496 e. The normalized spacial score (nSPS) is 24.7. The molecule has 2 saturated heterocycles. The van der Waals surface area contributed by atoms with E-state index in [2.05, 4.69) is 10.3 Å². The van der Waals surface area contributed by atoms with E-state index in [0.717, 1.165) is 28.5 Å². The van der Waals surface area contributed by atoms with E-state index in [4.69, 9.17) is 9.47 Å². The van der Waals surface area contributed by atoms with Gasteiger partial charge in [-0.25, -0.2) is 0 Å². The number of aromatic nitrogens is 1. The summed E-state index contributed by atoms with van der Waals surface area (Å²) in [5.74, 6) is -2.79. The minimum atomic E-state index is -1.70. The molecule has 2 fully saturated rings. The molecule has 0 aliphatic carbocycles. The Hall–Kier alpha value is -3.85. The van der Waals surface area contributed by atoms with E-state index in [0.29, 0.717) is 23.5 Å². The summed E-state index contributed by atoms with van der Waals surface area (Å²) in [6, 6.07) is 10.5. The van der Waals surface area contributed by atoms with Crippen LogP contribution in [0.4, 0.5) is 0 Å². The molecule has 38 heavy (non-hydrogen) atoms. The number of methoxy groups -OCH3 is 2. The lowest BCUT2D eigenvalue weighted by Crippen LogP contribution is -2.57. The number of carboxylic acid groups (broad SMARTS) is 1. The molecule has 2 aliphatic heterocycles. The molecule has 9 heteroatoms. The second-order valence-electron chi connectivity index (χ2n) is 10.1. The fourth-order valence-corrected chi connectivity index (χ4v) is 6.31. The highest BCUT2D eigenvalue weighted by molar-refractivity contribution is 6.09. The van der Waals surface area contributed by atoms with E-state index in [9.17, 15) is 19.5 Å². The predicted molar refractivity (Wildman–Crippen MR) is 141 cm³/mol. The Balaban J connectivity index is 1.68. The van der Waals surface area contributed by atoms with E-state index >= 15 is 0 Å². The molecule has 2 amide bonds. The van der Waals surface area contributed by atoms with E-state index in [1.165, 1.54) is 12.0 Å². The molecule has 2 aromatic carbocycles. The Morgan fingerprint density at radius 1 is 1.11 bits per heavy atom. The third-order valence-corrected chi connectivity index (χ3v) is 8.15. The van der Waals surface area contributed by atoms with Gasteiger partial charge in [-0.15, -0.1) is 0 Å². The van der Waals surface area contributed by atoms with E-state index in [1.54, 1.807) is 25.4 Å². The molecule has 3 aromatic rings. The number of nitrogens with zero attached hydrogens (tertiary/aromatic N) is 1. The van der Waals surface area contributed by atoms with E-state index in [-0.39, 0.29) is 18.9 Å². The van der Waals surface area contributed by atoms with Gasteiger partial charge in [-0.05, 0) is 31.0 Å². The average molecular weight is 520 g/mol. The number of amides is 2. The quantitative estimate of drug-likeness (QED) is 0.369. The number of ether oxygens (including phenoxy) is 2. The first-order chi connectivity index (χ1) is 18.3. The fraction of sp³-hybridized carbons (Fsp3) is 0.414. The molecule has 4 atom stereocenters. The van der Waals surface area contributed by atoms with Gasteiger partial charge in [0.1, 0.15) is 17.0 Å². The number of aromatic amines is 1. The van der Waals surface area contributed by atoms with E-state index < -0.39 is 35.3 Å². The van der Waals surface area contributed by atoms with Crippen molar-refractivity contribution < 1.29 is 29.0 Å². The van der Waals surface area contributed by atoms with Gasteiger partial charge in [0, 0.05) is 47.2 Å². The minimum absolute atomic E-state index is 0.0299. The molecule has 1 aromatic heterocycles. The standard InChI is InChI=1S/C29H33N3O6/c1-5-6-13-32-26(33)22-23(27(32)34)29(28(35)36,14-17-15-30-20-10-8-7-9-18(17)20)31-24(22)19-11-12-21(37-3)16(2)25(19)38-4/h7-12,15,22-24,30-31H,5-6,13-14H2,1-4H3,(H,35,36). The molecule has 0 bridgehead atoms. The zero-order valence-electron chi connectivity index (χ0n) is 22.0. The summed E-state index contributed by atoms with van der Waals surface area (Å²) in [7, 11) is 3.09. The predicted octanol–water partition coefficient (Wildman–Crippen LogP) is 3.61. The van der Waals surface area contributed by atoms with Crippen molar-refractivity contribution in [2.45, 2.75) is 44.7 Å². The highest BCUT2D eigenvalue weighted by Crippen LogP contribution is 2.52. The number of imide groups is 1. The number of likely N-dealkylation sites (tertiary alicyclic amines) is 1. The maximum Gasteiger partial charge on any atom is 0.325 e. The number of aliphatic carboxylic acids is 1. The second kappa shape index (κ2) is 9.79. The third-order valence-electron chi connectivity index (χ3n) is 8.15. The number of fused-ring (bicyclic) bond motifs is 2. The summed E-state index contributed by atoms with van der Waals surface area (Å²) in [5, 5.41) is 15.0. The smallest absolute Gasteiger partial charge is 0.325 e. The number of carboxylic acids is 1. The molecule has 0 saturated carbocycles. The number of nitrogens with one attached hydrogen (secondary N) is 2. The van der Waals surface area contributed by atoms with Gasteiger partial charge >= 0.3 is 5.97 Å². The van der Waals surface area contributed by atoms with Crippen molar-refractivity contribution in [3.8, 4) is 11.5 Å². The van der Waals surface area contributed by atoms with E-state index in [1.807, 2.05) is 38.1 Å². The van der Waals surface area contributed by atoms with Gasteiger partial charge in [-0.2, -0.15) is 0 Å². The van der Waals surface area contributed by atoms with Gasteiger partial charge in [0.05, 0.1) is 26.1 Å². The van der Waals surface area contributed by atoms with Gasteiger partial charge in [0.25, 0.3) is 0 Å². The first-order valence-corrected chi connectivity index (χ1v) is 12.9. The monoisotopic (exact) mass is 519 g/mol. The molecular formula is C29H33N3O6. The number of benzene rings is 2. The van der Waals surface area contributed by atoms with Crippen LogP contribution in [0, 0.1) is 18.8 Å². The zero-order chi connectivity index (χ0) is 27.2. The number of carbonyl (C=O) groups excluding carboxylic acids is 2. The summed E-state index contributed by atoms with van der Waals surface area (Å²) in [6.45, 7) is 4.11. The second-order valence-corrected chi connectivity index (χ2v) is 10.1. The van der Waals surface area contributed by atoms with Crippen LogP contribution in [0.1, 0.15) is 42.5 Å².